The van der Waals surface area contributed by atoms with Crippen LogP contribution in [0.15, 0.2) is 42.7 Å². The summed E-state index contributed by atoms with van der Waals surface area (Å²) in [6.07, 6.45) is 3.99. The molecule has 2 N–H and O–H groups in total. The highest BCUT2D eigenvalue weighted by molar-refractivity contribution is 7.92. The molecule has 0 aliphatic rings. The number of hydrogen-bond donors (Lipinski definition) is 2. The van der Waals surface area contributed by atoms with Gasteiger partial charge in [-0.25, -0.2) is 17.7 Å². The van der Waals surface area contributed by atoms with E-state index < -0.39 is 15.8 Å². The molecule has 0 aliphatic carbocycles. The number of anilines is 1. The van der Waals surface area contributed by atoms with Gasteiger partial charge in [0.05, 0.1) is 23.9 Å². The second kappa shape index (κ2) is 7.14. The molecule has 2 aromatic heterocycles. The second-order valence-corrected chi connectivity index (χ2v) is 9.10. The summed E-state index contributed by atoms with van der Waals surface area (Å²) in [5, 5.41) is 22.4. The summed E-state index contributed by atoms with van der Waals surface area (Å²) in [7, 11) is -2.30. The summed E-state index contributed by atoms with van der Waals surface area (Å²) in [5.74, 6) is -1.18. The molecule has 0 saturated heterocycles. The zero-order valence-electron chi connectivity index (χ0n) is 16.5. The van der Waals surface area contributed by atoms with E-state index in [2.05, 4.69) is 9.83 Å². The first-order chi connectivity index (χ1) is 14.6. The zero-order valence-corrected chi connectivity index (χ0v) is 17.4. The third kappa shape index (κ3) is 3.29. The average molecular weight is 440 g/mol. The topological polar surface area (TPSA) is 100 Å². The van der Waals surface area contributed by atoms with E-state index in [1.807, 2.05) is 0 Å². The van der Waals surface area contributed by atoms with E-state index in [9.17, 15) is 23.0 Å². The molecule has 4 aromatic rings. The molecule has 0 unspecified atom stereocenters. The number of rotatable bonds is 4. The number of pyridine rings is 1. The number of sulfonamides is 1. The molecule has 0 aliphatic heterocycles. The number of halogens is 1. The lowest BCUT2D eigenvalue weighted by Gasteiger charge is -2.20. The number of fused-ring (bicyclic) bond motifs is 2. The molecule has 0 atom stereocenters. The third-order valence-corrected chi connectivity index (χ3v) is 6.33. The molecule has 10 heteroatoms. The highest BCUT2D eigenvalue weighted by atomic mass is 32.2. The SMILES string of the molecule is [C-]#[N+]c1cc(F)ccc1Cn1cc2c(N(C)S(C)(=O)=O)c3cccnc3c(O)c2c1O. The lowest BCUT2D eigenvalue weighted by molar-refractivity contribution is 0.426. The Morgan fingerprint density at radius 1 is 1.26 bits per heavy atom. The van der Waals surface area contributed by atoms with Crippen LogP contribution in [0.4, 0.5) is 15.8 Å². The van der Waals surface area contributed by atoms with E-state index >= 15 is 0 Å². The Kier molecular flexibility index (Phi) is 4.71. The van der Waals surface area contributed by atoms with Gasteiger partial charge in [0, 0.05) is 36.8 Å². The van der Waals surface area contributed by atoms with Crippen LogP contribution < -0.4 is 4.31 Å². The number of phenols is 1. The molecular weight excluding hydrogens is 423 g/mol. The predicted octanol–water partition coefficient (Wildman–Crippen LogP) is 3.73. The van der Waals surface area contributed by atoms with E-state index in [0.29, 0.717) is 10.9 Å². The van der Waals surface area contributed by atoms with Crippen LogP contribution in [0.25, 0.3) is 26.5 Å². The minimum absolute atomic E-state index is 0.00372. The van der Waals surface area contributed by atoms with E-state index in [-0.39, 0.29) is 45.8 Å². The van der Waals surface area contributed by atoms with Crippen molar-refractivity contribution in [3.63, 3.8) is 0 Å². The molecule has 0 spiro atoms. The van der Waals surface area contributed by atoms with E-state index in [4.69, 9.17) is 6.57 Å². The highest BCUT2D eigenvalue weighted by Gasteiger charge is 2.26. The number of phenolic OH excluding ortho intramolecular Hbond substituents is 1. The molecule has 0 saturated carbocycles. The van der Waals surface area contributed by atoms with E-state index in [1.54, 1.807) is 12.1 Å². The first kappa shape index (κ1) is 20.4. The molecule has 0 fully saturated rings. The summed E-state index contributed by atoms with van der Waals surface area (Å²) in [6, 6.07) is 6.99. The first-order valence-electron chi connectivity index (χ1n) is 9.04. The van der Waals surface area contributed by atoms with Crippen LogP contribution in [0.3, 0.4) is 0 Å². The fourth-order valence-electron chi connectivity index (χ4n) is 3.59. The van der Waals surface area contributed by atoms with Crippen molar-refractivity contribution < 1.29 is 23.0 Å². The molecule has 0 bridgehead atoms. The fourth-order valence-corrected chi connectivity index (χ4v) is 4.12. The van der Waals surface area contributed by atoms with Gasteiger partial charge in [0.2, 0.25) is 15.9 Å². The van der Waals surface area contributed by atoms with Crippen LogP contribution in [-0.4, -0.2) is 41.5 Å². The number of hydrogen-bond acceptors (Lipinski definition) is 5. The van der Waals surface area contributed by atoms with Crippen LogP contribution in [0.5, 0.6) is 11.6 Å². The highest BCUT2D eigenvalue weighted by Crippen LogP contribution is 2.46. The van der Waals surface area contributed by atoms with Gasteiger partial charge in [-0.1, -0.05) is 6.07 Å². The van der Waals surface area contributed by atoms with Crippen LogP contribution in [-0.2, 0) is 16.6 Å². The van der Waals surface area contributed by atoms with E-state index in [1.165, 1.54) is 36.1 Å². The number of benzene rings is 2. The van der Waals surface area contributed by atoms with Crippen molar-refractivity contribution in [2.24, 2.45) is 0 Å². The Bertz CT molecular complexity index is 1510. The second-order valence-electron chi connectivity index (χ2n) is 7.08. The Hall–Kier alpha value is -3.84. The first-order valence-corrected chi connectivity index (χ1v) is 10.9. The van der Waals surface area contributed by atoms with Gasteiger partial charge in [0.25, 0.3) is 0 Å². The summed E-state index contributed by atoms with van der Waals surface area (Å²) >= 11 is 0. The maximum absolute atomic E-state index is 13.5. The zero-order chi connectivity index (χ0) is 22.5. The summed E-state index contributed by atoms with van der Waals surface area (Å²) < 4.78 is 40.5. The lowest BCUT2D eigenvalue weighted by Crippen LogP contribution is -2.25. The van der Waals surface area contributed by atoms with Crippen LogP contribution in [0.1, 0.15) is 5.56 Å². The Morgan fingerprint density at radius 2 is 2.00 bits per heavy atom. The molecule has 2 aromatic carbocycles. The standard InChI is InChI=1S/C21H17FN4O4S/c1-23-16-9-13(22)7-6-12(16)10-26-11-15-17(21(26)28)20(27)18-14(5-4-8-24-18)19(15)25(2)31(3,29)30/h4-9,11,27-28H,10H2,2-3H3. The monoisotopic (exact) mass is 440 g/mol. The van der Waals surface area contributed by atoms with Crippen molar-refractivity contribution in [3.8, 4) is 11.6 Å². The fraction of sp³-hybridized carbons (Fsp3) is 0.143. The van der Waals surface area contributed by atoms with Crippen LogP contribution >= 0.6 is 0 Å². The van der Waals surface area contributed by atoms with Gasteiger partial charge in [-0.15, -0.1) is 0 Å². The molecule has 0 amide bonds. The number of nitrogens with zero attached hydrogens (tertiary/aromatic N) is 4. The molecule has 31 heavy (non-hydrogen) atoms. The minimum Gasteiger partial charge on any atom is -0.505 e. The molecule has 158 valence electrons. The van der Waals surface area contributed by atoms with Gasteiger partial charge in [-0.05, 0) is 29.8 Å². The van der Waals surface area contributed by atoms with Crippen molar-refractivity contribution in [2.75, 3.05) is 17.6 Å². The van der Waals surface area contributed by atoms with Gasteiger partial charge in [0.1, 0.15) is 11.3 Å². The quantitative estimate of drug-likeness (QED) is 0.471. The lowest BCUT2D eigenvalue weighted by atomic mass is 10.1. The maximum Gasteiger partial charge on any atom is 0.232 e. The summed E-state index contributed by atoms with van der Waals surface area (Å²) in [5.41, 5.74) is 0.919. The molecular formula is C21H17FN4O4S. The van der Waals surface area contributed by atoms with Gasteiger partial charge >= 0.3 is 0 Å². The number of aromatic hydroxyl groups is 2. The van der Waals surface area contributed by atoms with Crippen molar-refractivity contribution in [1.82, 2.24) is 9.55 Å². The van der Waals surface area contributed by atoms with Gasteiger partial charge in [-0.3, -0.25) is 9.29 Å². The van der Waals surface area contributed by atoms with Crippen LogP contribution in [0.2, 0.25) is 0 Å². The van der Waals surface area contributed by atoms with Crippen molar-refractivity contribution >= 4 is 43.1 Å². The predicted molar refractivity (Wildman–Crippen MR) is 116 cm³/mol. The van der Waals surface area contributed by atoms with E-state index in [0.717, 1.165) is 16.6 Å². The number of aromatic nitrogens is 2. The van der Waals surface area contributed by atoms with Crippen molar-refractivity contribution in [1.29, 1.82) is 0 Å². The average Bonchev–Trinajstić information content (AvgIpc) is 3.04. The Labute approximate surface area is 177 Å². The normalized spacial score (nSPS) is 11.7. The minimum atomic E-state index is -3.68. The molecule has 8 nitrogen and oxygen atoms in total. The molecule has 2 heterocycles. The maximum atomic E-state index is 13.5. The van der Waals surface area contributed by atoms with Gasteiger partial charge in [0.15, 0.2) is 11.4 Å². The Balaban J connectivity index is 2.04. The molecule has 4 rings (SSSR count). The van der Waals surface area contributed by atoms with Crippen molar-refractivity contribution in [3.05, 3.63) is 65.5 Å². The van der Waals surface area contributed by atoms with Gasteiger partial charge in [-0.2, -0.15) is 0 Å². The summed E-state index contributed by atoms with van der Waals surface area (Å²) in [6.45, 7) is 7.27. The summed E-state index contributed by atoms with van der Waals surface area (Å²) in [4.78, 5) is 7.47. The molecule has 0 radical (unpaired) electrons. The largest absolute Gasteiger partial charge is 0.505 e. The Morgan fingerprint density at radius 3 is 2.68 bits per heavy atom. The van der Waals surface area contributed by atoms with Crippen LogP contribution in [0, 0.1) is 12.4 Å². The van der Waals surface area contributed by atoms with Gasteiger partial charge < -0.3 is 14.8 Å². The third-order valence-electron chi connectivity index (χ3n) is 5.15. The smallest absolute Gasteiger partial charge is 0.232 e. The van der Waals surface area contributed by atoms with Crippen molar-refractivity contribution in [2.45, 2.75) is 6.54 Å².